The second-order valence-electron chi connectivity index (χ2n) is 9.79. The van der Waals surface area contributed by atoms with Crippen LogP contribution in [0.1, 0.15) is 29.0 Å². The van der Waals surface area contributed by atoms with Crippen LogP contribution in [0.2, 0.25) is 0 Å². The Morgan fingerprint density at radius 3 is 2.06 bits per heavy atom. The van der Waals surface area contributed by atoms with Gasteiger partial charge in [-0.25, -0.2) is 0 Å². The van der Waals surface area contributed by atoms with E-state index >= 15 is 0 Å². The Bertz CT molecular complexity index is 1470. The van der Waals surface area contributed by atoms with Gasteiger partial charge in [-0.05, 0) is 65.3 Å². The Morgan fingerprint density at radius 1 is 0.750 bits per heavy atom. The minimum atomic E-state index is -1.19. The van der Waals surface area contributed by atoms with Crippen LogP contribution in [0.3, 0.4) is 0 Å². The van der Waals surface area contributed by atoms with Crippen molar-refractivity contribution in [3.8, 4) is 5.75 Å². The first kappa shape index (κ1) is 24.1. The van der Waals surface area contributed by atoms with Gasteiger partial charge in [0.25, 0.3) is 0 Å². The summed E-state index contributed by atoms with van der Waals surface area (Å²) in [6, 6.07) is 37.5. The van der Waals surface area contributed by atoms with Crippen LogP contribution >= 0.6 is 0 Å². The smallest absolute Gasteiger partial charge is 0.123 e. The highest BCUT2D eigenvalue weighted by molar-refractivity contribution is 5.88. The molecule has 0 radical (unpaired) electrons. The van der Waals surface area contributed by atoms with Gasteiger partial charge >= 0.3 is 0 Å². The Hall–Kier alpha value is -3.66. The third-order valence-electron chi connectivity index (χ3n) is 7.22. The highest BCUT2D eigenvalue weighted by Crippen LogP contribution is 2.49. The van der Waals surface area contributed by atoms with E-state index in [9.17, 15) is 5.11 Å². The van der Waals surface area contributed by atoms with Crippen LogP contribution in [-0.4, -0.2) is 37.8 Å². The van der Waals surface area contributed by atoms with E-state index in [1.807, 2.05) is 36.4 Å². The predicted octanol–water partition coefficient (Wildman–Crippen LogP) is 6.97. The molecule has 5 aromatic carbocycles. The number of hydrogen-bond acceptors (Lipinski definition) is 3. The molecule has 0 amide bonds. The molecular weight excluding hydrogens is 442 g/mol. The Morgan fingerprint density at radius 2 is 1.36 bits per heavy atom. The normalized spacial score (nSPS) is 14.1. The van der Waals surface area contributed by atoms with Gasteiger partial charge in [-0.2, -0.15) is 0 Å². The lowest BCUT2D eigenvalue weighted by molar-refractivity contribution is 0.00534. The lowest BCUT2D eigenvalue weighted by Gasteiger charge is -2.39. The molecular formula is C33H33NO2. The number of fused-ring (bicyclic) bond motifs is 2. The van der Waals surface area contributed by atoms with E-state index < -0.39 is 5.60 Å². The number of aliphatic hydroxyl groups is 1. The lowest BCUT2D eigenvalue weighted by atomic mass is 9.70. The monoisotopic (exact) mass is 475 g/mol. The van der Waals surface area contributed by atoms with Crippen molar-refractivity contribution in [1.29, 1.82) is 0 Å². The zero-order chi connectivity index (χ0) is 25.1. The SMILES string of the molecule is COc1cc2ccccc2cc1C(c1ccccc1)C(O)(CCN(C)C)c1cccc2ccccc12. The summed E-state index contributed by atoms with van der Waals surface area (Å²) in [5.41, 5.74) is 1.78. The largest absolute Gasteiger partial charge is 0.496 e. The van der Waals surface area contributed by atoms with Gasteiger partial charge in [-0.15, -0.1) is 0 Å². The minimum Gasteiger partial charge on any atom is -0.496 e. The summed E-state index contributed by atoms with van der Waals surface area (Å²) in [4.78, 5) is 2.13. The highest BCUT2D eigenvalue weighted by atomic mass is 16.5. The number of rotatable bonds is 8. The average Bonchev–Trinajstić information content (AvgIpc) is 2.92. The van der Waals surface area contributed by atoms with Crippen molar-refractivity contribution in [2.45, 2.75) is 17.9 Å². The van der Waals surface area contributed by atoms with Crippen molar-refractivity contribution in [2.75, 3.05) is 27.7 Å². The standard InChI is InChI=1S/C33H33NO2/c1-34(2)21-20-33(35,30-19-11-17-24-12-9-10-18-28(24)30)32(25-13-5-4-6-14-25)29-22-26-15-7-8-16-27(26)23-31(29)36-3/h4-19,22-23,32,35H,20-21H2,1-3H3. The van der Waals surface area contributed by atoms with E-state index in [0.29, 0.717) is 6.42 Å². The number of benzene rings is 5. The molecule has 0 aliphatic carbocycles. The van der Waals surface area contributed by atoms with E-state index in [1.165, 1.54) is 0 Å². The van der Waals surface area contributed by atoms with Crippen molar-refractivity contribution < 1.29 is 9.84 Å². The van der Waals surface area contributed by atoms with Gasteiger partial charge in [0.05, 0.1) is 7.11 Å². The third kappa shape index (κ3) is 4.48. The van der Waals surface area contributed by atoms with Gasteiger partial charge in [0.1, 0.15) is 11.4 Å². The maximum atomic E-state index is 13.0. The van der Waals surface area contributed by atoms with Crippen LogP contribution < -0.4 is 4.74 Å². The third-order valence-corrected chi connectivity index (χ3v) is 7.22. The molecule has 3 nitrogen and oxygen atoms in total. The van der Waals surface area contributed by atoms with Crippen LogP contribution in [0.4, 0.5) is 0 Å². The fourth-order valence-corrected chi connectivity index (χ4v) is 5.43. The van der Waals surface area contributed by atoms with Gasteiger partial charge in [-0.3, -0.25) is 0 Å². The van der Waals surface area contributed by atoms with Crippen LogP contribution in [0, 0.1) is 0 Å². The topological polar surface area (TPSA) is 32.7 Å². The molecule has 0 fully saturated rings. The van der Waals surface area contributed by atoms with Crippen LogP contribution in [-0.2, 0) is 5.60 Å². The molecule has 0 heterocycles. The molecule has 36 heavy (non-hydrogen) atoms. The molecule has 0 saturated carbocycles. The summed E-state index contributed by atoms with van der Waals surface area (Å²) in [5.74, 6) is 0.440. The molecule has 1 N–H and O–H groups in total. The van der Waals surface area contributed by atoms with E-state index in [4.69, 9.17) is 4.74 Å². The quantitative estimate of drug-likeness (QED) is 0.263. The van der Waals surface area contributed by atoms with Crippen molar-refractivity contribution in [3.05, 3.63) is 126 Å². The van der Waals surface area contributed by atoms with E-state index in [2.05, 4.69) is 91.8 Å². The molecule has 0 aliphatic heterocycles. The Kier molecular flexibility index (Phi) is 6.77. The molecule has 0 bridgehead atoms. The second kappa shape index (κ2) is 10.1. The first-order chi connectivity index (χ1) is 17.5. The van der Waals surface area contributed by atoms with Gasteiger partial charge in [-0.1, -0.05) is 97.1 Å². The zero-order valence-electron chi connectivity index (χ0n) is 21.2. The van der Waals surface area contributed by atoms with Crippen LogP contribution in [0.15, 0.2) is 109 Å². The number of methoxy groups -OCH3 is 1. The molecule has 182 valence electrons. The maximum absolute atomic E-state index is 13.0. The van der Waals surface area contributed by atoms with Crippen LogP contribution in [0.25, 0.3) is 21.5 Å². The van der Waals surface area contributed by atoms with Gasteiger partial charge < -0.3 is 14.7 Å². The molecule has 2 unspecified atom stereocenters. The van der Waals surface area contributed by atoms with Crippen molar-refractivity contribution in [2.24, 2.45) is 0 Å². The number of hydrogen-bond donors (Lipinski definition) is 1. The first-order valence-corrected chi connectivity index (χ1v) is 12.5. The summed E-state index contributed by atoms with van der Waals surface area (Å²) in [6.45, 7) is 0.735. The number of ether oxygens (including phenoxy) is 1. The molecule has 0 spiro atoms. The summed E-state index contributed by atoms with van der Waals surface area (Å²) >= 11 is 0. The summed E-state index contributed by atoms with van der Waals surface area (Å²) < 4.78 is 5.98. The molecule has 0 aliphatic rings. The molecule has 5 rings (SSSR count). The fraction of sp³-hybridized carbons (Fsp3) is 0.212. The fourth-order valence-electron chi connectivity index (χ4n) is 5.43. The highest BCUT2D eigenvalue weighted by Gasteiger charge is 2.42. The zero-order valence-corrected chi connectivity index (χ0v) is 21.2. The Balaban J connectivity index is 1.83. The van der Waals surface area contributed by atoms with Gasteiger partial charge in [0.15, 0.2) is 0 Å². The first-order valence-electron chi connectivity index (χ1n) is 12.5. The Labute approximate surface area is 213 Å². The van der Waals surface area contributed by atoms with E-state index in [1.54, 1.807) is 7.11 Å². The summed E-state index contributed by atoms with van der Waals surface area (Å²) in [6.07, 6.45) is 0.559. The molecule has 0 saturated heterocycles. The van der Waals surface area contributed by atoms with E-state index in [-0.39, 0.29) is 5.92 Å². The molecule has 3 heteroatoms. The van der Waals surface area contributed by atoms with Gasteiger partial charge in [0.2, 0.25) is 0 Å². The average molecular weight is 476 g/mol. The molecule has 0 aromatic heterocycles. The van der Waals surface area contributed by atoms with Gasteiger partial charge in [0, 0.05) is 18.0 Å². The lowest BCUT2D eigenvalue weighted by Crippen LogP contribution is -2.38. The van der Waals surface area contributed by atoms with Crippen molar-refractivity contribution in [1.82, 2.24) is 4.90 Å². The number of nitrogens with zero attached hydrogens (tertiary/aromatic N) is 1. The van der Waals surface area contributed by atoms with Crippen molar-refractivity contribution in [3.63, 3.8) is 0 Å². The minimum absolute atomic E-state index is 0.344. The summed E-state index contributed by atoms with van der Waals surface area (Å²) in [5, 5.41) is 17.4. The second-order valence-corrected chi connectivity index (χ2v) is 9.79. The maximum Gasteiger partial charge on any atom is 0.123 e. The molecule has 2 atom stereocenters. The molecule has 5 aromatic rings. The summed E-state index contributed by atoms with van der Waals surface area (Å²) in [7, 11) is 5.82. The van der Waals surface area contributed by atoms with E-state index in [0.717, 1.165) is 50.5 Å². The van der Waals surface area contributed by atoms with Crippen molar-refractivity contribution >= 4 is 21.5 Å². The van der Waals surface area contributed by atoms with Crippen LogP contribution in [0.5, 0.6) is 5.75 Å². The predicted molar refractivity (Wildman–Crippen MR) is 150 cm³/mol.